The first-order chi connectivity index (χ1) is 63.0. The van der Waals surface area contributed by atoms with Gasteiger partial charge in [0.25, 0.3) is 0 Å². The predicted molar refractivity (Wildman–Crippen MR) is 485 cm³/mol. The lowest BCUT2D eigenvalue weighted by Crippen LogP contribution is -2.60. The summed E-state index contributed by atoms with van der Waals surface area (Å²) < 4.78 is 43.1. The number of benzene rings is 3. The van der Waals surface area contributed by atoms with Crippen molar-refractivity contribution in [2.45, 2.75) is 223 Å². The predicted octanol–water partition coefficient (Wildman–Crippen LogP) is 0.581. The molecule has 0 radical (unpaired) electrons. The number of nitrogens with two attached hydrogens (primary N) is 3. The number of imidazole rings is 1. The molecule has 43 heteroatoms. The Kier molecular flexibility index (Phi) is 41.8. The number of nitrogens with zero attached hydrogens (tertiary/aromatic N) is 6. The van der Waals surface area contributed by atoms with Gasteiger partial charge in [-0.3, -0.25) is 86.9 Å². The van der Waals surface area contributed by atoms with Gasteiger partial charge in [0, 0.05) is 114 Å². The van der Waals surface area contributed by atoms with Crippen molar-refractivity contribution in [1.82, 2.24) is 87.3 Å². The average molecular weight is 1880 g/mol. The number of primary amides is 2. The van der Waals surface area contributed by atoms with Crippen LogP contribution in [0.5, 0.6) is 0 Å². The fourth-order valence-corrected chi connectivity index (χ4v) is 16.8. The monoisotopic (exact) mass is 1880 g/mol. The van der Waals surface area contributed by atoms with Crippen molar-refractivity contribution in [3.05, 3.63) is 126 Å². The van der Waals surface area contributed by atoms with Crippen LogP contribution >= 0.6 is 11.8 Å². The molecule has 5 aromatic rings. The number of unbranched alkanes of at least 4 members (excludes halogenated alkanes) is 2. The van der Waals surface area contributed by atoms with E-state index in [1.54, 1.807) is 74.6 Å². The minimum Gasteiger partial charge on any atom is -0.394 e. The Bertz CT molecular complexity index is 4910. The molecule has 0 spiro atoms. The van der Waals surface area contributed by atoms with E-state index in [9.17, 15) is 80.6 Å². The van der Waals surface area contributed by atoms with E-state index >= 15 is 19.2 Å². The molecule has 0 aliphatic carbocycles. The molecule has 133 heavy (non-hydrogen) atoms. The van der Waals surface area contributed by atoms with Crippen LogP contribution in [0.4, 0.5) is 13.2 Å². The molecular weight excluding hydrogens is 1750 g/mol. The highest BCUT2D eigenvalue weighted by Gasteiger charge is 2.44. The summed E-state index contributed by atoms with van der Waals surface area (Å²) in [6, 6.07) is 2.36. The maximum Gasteiger partial charge on any atom is 0.416 e. The fraction of sp³-hybridized carbons (Fsp3) is 0.544. The summed E-state index contributed by atoms with van der Waals surface area (Å²) in [5.41, 5.74) is 17.5. The zero-order chi connectivity index (χ0) is 98.1. The number of thioether (sulfide) groups is 1. The van der Waals surface area contributed by atoms with Gasteiger partial charge in [-0.2, -0.15) is 13.2 Å². The molecule has 19 N–H and O–H groups in total. The number of aromatic nitrogens is 3. The van der Waals surface area contributed by atoms with Crippen molar-refractivity contribution < 1.29 is 99.8 Å². The molecule has 0 saturated carbocycles. The number of carbonyl (C=O) groups is 17. The Hall–Kier alpha value is -12.8. The molecule has 4 heterocycles. The SMILES string of the molecule is CCCC[C@H]1C(=O)N(C)[C@@H](CCCC)C(=O)N[C@@H](CCCNC(=N)N)C(=O)N[C@H](C(=O)NCC(N)=O)CSCC(=O)N[C@@H](Cc2ccccc2)C(=O)N(C)[C@@H](C)C(=O)N[C@@H](CC(N)=O)C(=O)N2CCC[C@H]2C(=O)N[C@@H](Cc2cnc[nH]2)C(=O)N[C@@H](CC(C)C)C(=O)N(C)CC(=O)C[C@@H](Cc2cccc(C(F)(F)F)c2)C(=O)N[C@@H](CO)C(=O)C[C@@H](Cc2c[nH]c3ccccc23)C(=O)N1C. The Morgan fingerprint density at radius 1 is 0.609 bits per heavy atom. The molecule has 15 amide bonds. The lowest BCUT2D eigenvalue weighted by Gasteiger charge is -2.36. The molecule has 2 aromatic heterocycles. The van der Waals surface area contributed by atoms with E-state index in [0.29, 0.717) is 53.4 Å². The summed E-state index contributed by atoms with van der Waals surface area (Å²) in [6.07, 6.45) is -2.87. The molecule has 39 nitrogen and oxygen atoms in total. The van der Waals surface area contributed by atoms with E-state index in [4.69, 9.17) is 22.6 Å². The van der Waals surface area contributed by atoms with Crippen molar-refractivity contribution in [3.8, 4) is 0 Å². The number of guanidine groups is 1. The van der Waals surface area contributed by atoms with Gasteiger partial charge < -0.3 is 105 Å². The van der Waals surface area contributed by atoms with Crippen LogP contribution in [0.2, 0.25) is 0 Å². The molecule has 2 saturated heterocycles. The summed E-state index contributed by atoms with van der Waals surface area (Å²) in [4.78, 5) is 263. The lowest BCUT2D eigenvalue weighted by atomic mass is 9.89. The largest absolute Gasteiger partial charge is 0.416 e. The van der Waals surface area contributed by atoms with Crippen molar-refractivity contribution >= 4 is 129 Å². The van der Waals surface area contributed by atoms with Gasteiger partial charge in [0.05, 0.1) is 43.8 Å². The highest BCUT2D eigenvalue weighted by Crippen LogP contribution is 2.32. The number of alkyl halides is 3. The van der Waals surface area contributed by atoms with Gasteiger partial charge in [0.2, 0.25) is 88.6 Å². The Balaban J connectivity index is 1.31. The molecule has 0 bridgehead atoms. The second-order valence-electron chi connectivity index (χ2n) is 34.1. The van der Waals surface area contributed by atoms with Gasteiger partial charge in [-0.05, 0) is 99.5 Å². The minimum absolute atomic E-state index is 0.0186. The molecule has 2 fully saturated rings. The van der Waals surface area contributed by atoms with Gasteiger partial charge in [0.1, 0.15) is 66.5 Å². The molecule has 0 unspecified atom stereocenters. The first kappa shape index (κ1) is 107. The van der Waals surface area contributed by atoms with Crippen LogP contribution in [0.1, 0.15) is 152 Å². The van der Waals surface area contributed by atoms with Crippen molar-refractivity contribution in [3.63, 3.8) is 0 Å². The van der Waals surface area contributed by atoms with Crippen LogP contribution in [0, 0.1) is 23.2 Å². The van der Waals surface area contributed by atoms with Crippen LogP contribution in [0.25, 0.3) is 10.9 Å². The average Bonchev–Trinajstić information content (AvgIpc) is 1.21. The van der Waals surface area contributed by atoms with Gasteiger partial charge in [-0.25, -0.2) is 4.98 Å². The first-order valence-corrected chi connectivity index (χ1v) is 45.5. The lowest BCUT2D eigenvalue weighted by molar-refractivity contribution is -0.150. The van der Waals surface area contributed by atoms with Crippen molar-refractivity contribution in [1.29, 1.82) is 5.41 Å². The van der Waals surface area contributed by atoms with Gasteiger partial charge >= 0.3 is 6.18 Å². The maximum atomic E-state index is 15.7. The van der Waals surface area contributed by atoms with E-state index in [1.165, 1.54) is 53.7 Å². The zero-order valence-corrected chi connectivity index (χ0v) is 77.2. The molecule has 3 aromatic carbocycles. The zero-order valence-electron chi connectivity index (χ0n) is 76.3. The molecule has 2 aliphatic rings. The number of likely N-dealkylation sites (N-methyl/N-ethyl adjacent to an activating group) is 4. The highest BCUT2D eigenvalue weighted by atomic mass is 32.2. The van der Waals surface area contributed by atoms with Crippen LogP contribution < -0.4 is 65.1 Å². The van der Waals surface area contributed by atoms with Gasteiger partial charge in [-0.15, -0.1) is 11.8 Å². The quantitative estimate of drug-likeness (QED) is 0.0204. The topological polar surface area (TPSA) is 581 Å². The van der Waals surface area contributed by atoms with E-state index in [2.05, 4.69) is 62.8 Å². The van der Waals surface area contributed by atoms with Crippen LogP contribution in [0.15, 0.2) is 97.6 Å². The summed E-state index contributed by atoms with van der Waals surface area (Å²) in [6.45, 7) is 5.59. The number of hydrogen-bond donors (Lipinski definition) is 16. The second kappa shape index (κ2) is 51.8. The number of carbonyl (C=O) groups excluding carboxylic acids is 17. The van der Waals surface area contributed by atoms with Crippen LogP contribution in [-0.4, -0.2) is 290 Å². The smallest absolute Gasteiger partial charge is 0.394 e. The normalized spacial score (nSPS) is 23.6. The standard InChI is InChI=1S/C90H126F3N21O18S/c1-10-12-29-70-82(126)104-63(28-20-32-99-89(96)97)80(124)109-69(79(123)101-45-75(95)119)48-133-49-76(120)103-66(37-53-22-15-14-16-23-53)86(130)111(7)52(5)77(121)106-67(42-74(94)118)87(131)114-33-21-31-71(114)83(127)105-64(41-59-44-98-50-102-59)81(125)107-65(34-51(3)4)85(129)110(6)46-60(116)39-55(35-54-24-19-25-58(36-54)90(91,92)93)78(122)108-68(47-115)73(117)40-56(38-57-43-100-62-27-18-17-26-61(57)62)84(128)113(9)72(30-13-11-2)88(132)112(70)8/h14-19,22-27,36,43-44,50-52,55-56,63-72,100,115H,10-13,20-21,28-35,37-42,45-49H2,1-9H3,(H2,94,118)(H2,95,119)(H,98,102)(H,101,123)(H,103,120)(H,104,126)(H,105,127)(H,106,121)(H,107,125)(H,108,122)(H,109,124)(H4,96,97,99)/t52-,55+,56+,63-,64-,65-,66-,67-,68-,69-,70-,71-,72-/m0/s1. The number of amides is 15. The van der Waals surface area contributed by atoms with Crippen molar-refractivity contribution in [2.75, 3.05) is 72.5 Å². The second-order valence-corrected chi connectivity index (χ2v) is 35.1. The van der Waals surface area contributed by atoms with E-state index in [1.807, 2.05) is 13.8 Å². The minimum atomic E-state index is -4.88. The number of rotatable bonds is 26. The number of Topliss-reactive ketones (excluding diaryl/α,β-unsaturated/α-hetero) is 2. The van der Waals surface area contributed by atoms with Crippen molar-refractivity contribution in [2.24, 2.45) is 35.0 Å². The molecule has 726 valence electrons. The van der Waals surface area contributed by atoms with E-state index < -0.39 is 253 Å². The number of H-pyrrole nitrogens is 2. The summed E-state index contributed by atoms with van der Waals surface area (Å²) in [5.74, 6) is -20.6. The summed E-state index contributed by atoms with van der Waals surface area (Å²) in [7, 11) is 5.12. The maximum absolute atomic E-state index is 15.7. The van der Waals surface area contributed by atoms with E-state index in [-0.39, 0.29) is 88.8 Å². The number of nitrogens with one attached hydrogen (secondary N) is 12. The molecule has 2 aliphatic heterocycles. The Morgan fingerprint density at radius 3 is 1.89 bits per heavy atom. The Morgan fingerprint density at radius 2 is 1.25 bits per heavy atom. The summed E-state index contributed by atoms with van der Waals surface area (Å²) in [5, 5.41) is 42.9. The third-order valence-corrected chi connectivity index (χ3v) is 24.3. The van der Waals surface area contributed by atoms with E-state index in [0.717, 1.165) is 54.5 Å². The number of aromatic amines is 2. The molecular formula is C90H126F3N21O18S. The number of ketones is 2. The number of aliphatic hydroxyl groups is 1. The number of fused-ring (bicyclic) bond motifs is 2. The first-order valence-electron chi connectivity index (χ1n) is 44.4. The van der Waals surface area contributed by atoms with Gasteiger partial charge in [-0.1, -0.05) is 120 Å². The third-order valence-electron chi connectivity index (χ3n) is 23.3. The summed E-state index contributed by atoms with van der Waals surface area (Å²) >= 11 is 0.777. The Labute approximate surface area is 773 Å². The number of hydrogen-bond acceptors (Lipinski definition) is 21. The number of para-hydroxylation sites is 1. The van der Waals surface area contributed by atoms with Gasteiger partial charge in [0.15, 0.2) is 17.5 Å². The number of halogens is 3. The third kappa shape index (κ3) is 32.6. The molecule has 7 rings (SSSR count). The van der Waals surface area contributed by atoms with Crippen LogP contribution in [-0.2, 0) is 113 Å². The molecule has 13 atom stereocenters. The highest BCUT2D eigenvalue weighted by molar-refractivity contribution is 8.00. The fourth-order valence-electron chi connectivity index (χ4n) is 15.9. The van der Waals surface area contributed by atoms with Crippen LogP contribution in [0.3, 0.4) is 0 Å². The number of aliphatic hydroxyl groups excluding tert-OH is 1.